The van der Waals surface area contributed by atoms with Crippen LogP contribution in [0.3, 0.4) is 0 Å². The Morgan fingerprint density at radius 3 is 2.91 bits per heavy atom. The van der Waals surface area contributed by atoms with Gasteiger partial charge in [0.1, 0.15) is 11.2 Å². The largest absolute Gasteiger partial charge is 0.339 e. The molecule has 3 aromatic heterocycles. The molecule has 0 aliphatic heterocycles. The summed E-state index contributed by atoms with van der Waals surface area (Å²) in [4.78, 5) is 24.3. The van der Waals surface area contributed by atoms with Crippen LogP contribution in [0.25, 0.3) is 20.4 Å². The third-order valence-electron chi connectivity index (χ3n) is 3.35. The summed E-state index contributed by atoms with van der Waals surface area (Å²) in [6.07, 6.45) is 3.21. The number of fused-ring (bicyclic) bond motifs is 3. The van der Waals surface area contributed by atoms with Crippen LogP contribution in [-0.4, -0.2) is 19.9 Å². The minimum atomic E-state index is -0.426. The number of pyridine rings is 1. The average molecular weight is 323 g/mol. The molecule has 23 heavy (non-hydrogen) atoms. The number of nitrogens with one attached hydrogen (secondary N) is 1. The van der Waals surface area contributed by atoms with Crippen molar-refractivity contribution in [1.29, 1.82) is 0 Å². The molecule has 8 heteroatoms. The van der Waals surface area contributed by atoms with Crippen LogP contribution < -0.4 is 5.32 Å². The van der Waals surface area contributed by atoms with Gasteiger partial charge >= 0.3 is 0 Å². The zero-order valence-electron chi connectivity index (χ0n) is 11.6. The van der Waals surface area contributed by atoms with E-state index in [9.17, 15) is 10.1 Å². The smallest absolute Gasteiger partial charge is 0.271 e. The summed E-state index contributed by atoms with van der Waals surface area (Å²) in [5.41, 5.74) is 1.45. The minimum Gasteiger partial charge on any atom is -0.339 e. The first-order valence-electron chi connectivity index (χ1n) is 6.72. The highest BCUT2D eigenvalue weighted by atomic mass is 32.1. The van der Waals surface area contributed by atoms with Crippen molar-refractivity contribution < 1.29 is 4.92 Å². The number of thiophene rings is 1. The molecular formula is C15H9N5O2S. The first-order valence-corrected chi connectivity index (χ1v) is 7.54. The second kappa shape index (κ2) is 5.25. The molecule has 0 radical (unpaired) electrons. The van der Waals surface area contributed by atoms with Crippen molar-refractivity contribution in [1.82, 2.24) is 15.0 Å². The zero-order chi connectivity index (χ0) is 15.8. The number of nitrogens with zero attached hydrogens (tertiary/aromatic N) is 4. The second-order valence-corrected chi connectivity index (χ2v) is 5.79. The van der Waals surface area contributed by atoms with Crippen LogP contribution in [0.5, 0.6) is 0 Å². The second-order valence-electron chi connectivity index (χ2n) is 4.79. The van der Waals surface area contributed by atoms with E-state index in [-0.39, 0.29) is 5.69 Å². The third-order valence-corrected chi connectivity index (χ3v) is 4.46. The summed E-state index contributed by atoms with van der Waals surface area (Å²) in [6.45, 7) is 0. The van der Waals surface area contributed by atoms with Crippen LogP contribution in [0.2, 0.25) is 0 Å². The zero-order valence-corrected chi connectivity index (χ0v) is 12.4. The Balaban J connectivity index is 1.83. The number of non-ortho nitro benzene ring substituents is 1. The Morgan fingerprint density at radius 1 is 1.13 bits per heavy atom. The molecule has 0 amide bonds. The molecule has 3 heterocycles. The Kier molecular flexibility index (Phi) is 3.09. The highest BCUT2D eigenvalue weighted by molar-refractivity contribution is 7.25. The lowest BCUT2D eigenvalue weighted by Gasteiger charge is -2.05. The summed E-state index contributed by atoms with van der Waals surface area (Å²) in [5, 5.41) is 15.0. The molecule has 7 nitrogen and oxygen atoms in total. The minimum absolute atomic E-state index is 0.0262. The maximum Gasteiger partial charge on any atom is 0.271 e. The van der Waals surface area contributed by atoms with Crippen molar-refractivity contribution in [3.63, 3.8) is 0 Å². The van der Waals surface area contributed by atoms with Gasteiger partial charge in [0.25, 0.3) is 5.69 Å². The number of nitro groups is 1. The summed E-state index contributed by atoms with van der Waals surface area (Å²) < 4.78 is 0.868. The van der Waals surface area contributed by atoms with Crippen molar-refractivity contribution in [3.8, 4) is 0 Å². The predicted molar refractivity (Wildman–Crippen MR) is 89.1 cm³/mol. The molecule has 112 valence electrons. The molecule has 0 aliphatic rings. The molecular weight excluding hydrogens is 314 g/mol. The van der Waals surface area contributed by atoms with Crippen molar-refractivity contribution in [2.75, 3.05) is 5.32 Å². The number of hydrogen-bond donors (Lipinski definition) is 1. The van der Waals surface area contributed by atoms with E-state index < -0.39 is 4.92 Å². The first kappa shape index (κ1) is 13.5. The first-order chi connectivity index (χ1) is 11.2. The van der Waals surface area contributed by atoms with Crippen molar-refractivity contribution >= 4 is 49.0 Å². The number of benzene rings is 1. The number of anilines is 2. The molecule has 4 aromatic rings. The Labute approximate surface area is 133 Å². The van der Waals surface area contributed by atoms with E-state index in [2.05, 4.69) is 20.3 Å². The van der Waals surface area contributed by atoms with E-state index in [0.29, 0.717) is 11.5 Å². The summed E-state index contributed by atoms with van der Waals surface area (Å²) in [5.74, 6) is 0.610. The molecule has 0 saturated carbocycles. The van der Waals surface area contributed by atoms with Crippen molar-refractivity contribution in [2.45, 2.75) is 0 Å². The Morgan fingerprint density at radius 2 is 2.04 bits per heavy atom. The molecule has 0 unspecified atom stereocenters. The molecule has 0 aliphatic carbocycles. The van der Waals surface area contributed by atoms with E-state index in [1.54, 1.807) is 18.3 Å². The fourth-order valence-electron chi connectivity index (χ4n) is 2.33. The highest BCUT2D eigenvalue weighted by Gasteiger charge is 2.13. The van der Waals surface area contributed by atoms with Gasteiger partial charge in [-0.2, -0.15) is 0 Å². The number of nitro benzene ring substituents is 1. The molecule has 4 rings (SSSR count). The van der Waals surface area contributed by atoms with Gasteiger partial charge in [-0.05, 0) is 18.2 Å². The van der Waals surface area contributed by atoms with E-state index in [0.717, 1.165) is 20.4 Å². The van der Waals surface area contributed by atoms with E-state index in [4.69, 9.17) is 0 Å². The quantitative estimate of drug-likeness (QED) is 0.454. The van der Waals surface area contributed by atoms with Gasteiger partial charge in [0.15, 0.2) is 5.82 Å². The maximum absolute atomic E-state index is 10.9. The Hall–Kier alpha value is -3.13. The molecule has 1 aromatic carbocycles. The molecule has 0 atom stereocenters. The van der Waals surface area contributed by atoms with Gasteiger partial charge in [0, 0.05) is 29.4 Å². The third kappa shape index (κ3) is 2.34. The van der Waals surface area contributed by atoms with Crippen LogP contribution in [-0.2, 0) is 0 Å². The number of aromatic nitrogens is 3. The van der Waals surface area contributed by atoms with Gasteiger partial charge in [-0.3, -0.25) is 10.1 Å². The SMILES string of the molecule is O=[N+]([O-])c1cccc(Nc2ncnc3c2sc2ncccc23)c1. The monoisotopic (exact) mass is 323 g/mol. The molecule has 0 spiro atoms. The summed E-state index contributed by atoms with van der Waals surface area (Å²) in [7, 11) is 0. The van der Waals surface area contributed by atoms with E-state index >= 15 is 0 Å². The van der Waals surface area contributed by atoms with Crippen LogP contribution in [0.4, 0.5) is 17.2 Å². The van der Waals surface area contributed by atoms with Gasteiger partial charge in [-0.25, -0.2) is 15.0 Å². The standard InChI is InChI=1S/C15H9N5O2S/c21-20(22)10-4-1-3-9(7-10)19-14-13-12(17-8-18-14)11-5-2-6-16-15(11)23-13/h1-8H,(H,17,18,19). The predicted octanol–water partition coefficient (Wildman–Crippen LogP) is 3.89. The lowest BCUT2D eigenvalue weighted by atomic mass is 10.2. The maximum atomic E-state index is 10.9. The van der Waals surface area contributed by atoms with Gasteiger partial charge in [0.2, 0.25) is 0 Å². The van der Waals surface area contributed by atoms with E-state index in [1.807, 2.05) is 12.1 Å². The van der Waals surface area contributed by atoms with Crippen molar-refractivity contribution in [3.05, 3.63) is 59.0 Å². The van der Waals surface area contributed by atoms with Crippen LogP contribution in [0, 0.1) is 10.1 Å². The molecule has 0 bridgehead atoms. The lowest BCUT2D eigenvalue weighted by molar-refractivity contribution is -0.384. The van der Waals surface area contributed by atoms with Gasteiger partial charge in [-0.15, -0.1) is 11.3 Å². The molecule has 0 fully saturated rings. The van der Waals surface area contributed by atoms with E-state index in [1.165, 1.54) is 29.8 Å². The Bertz CT molecular complexity index is 1050. The molecule has 1 N–H and O–H groups in total. The summed E-state index contributed by atoms with van der Waals surface area (Å²) >= 11 is 1.49. The van der Waals surface area contributed by atoms with Crippen LogP contribution >= 0.6 is 11.3 Å². The molecule has 0 saturated heterocycles. The van der Waals surface area contributed by atoms with Crippen LogP contribution in [0.15, 0.2) is 48.9 Å². The number of rotatable bonds is 3. The fraction of sp³-hybridized carbons (Fsp3) is 0. The number of hydrogen-bond acceptors (Lipinski definition) is 7. The van der Waals surface area contributed by atoms with Gasteiger partial charge in [0.05, 0.1) is 15.1 Å². The lowest BCUT2D eigenvalue weighted by Crippen LogP contribution is -1.95. The fourth-order valence-corrected chi connectivity index (χ4v) is 3.38. The normalized spacial score (nSPS) is 11.0. The topological polar surface area (TPSA) is 93.8 Å². The summed E-state index contributed by atoms with van der Waals surface area (Å²) in [6, 6.07) is 10.1. The van der Waals surface area contributed by atoms with Gasteiger partial charge in [-0.1, -0.05) is 6.07 Å². The van der Waals surface area contributed by atoms with Crippen LogP contribution in [0.1, 0.15) is 0 Å². The van der Waals surface area contributed by atoms with Crippen molar-refractivity contribution in [2.24, 2.45) is 0 Å². The van der Waals surface area contributed by atoms with Gasteiger partial charge < -0.3 is 5.32 Å². The average Bonchev–Trinajstić information content (AvgIpc) is 2.95. The highest BCUT2D eigenvalue weighted by Crippen LogP contribution is 2.35.